The van der Waals surface area contributed by atoms with Crippen LogP contribution >= 0.6 is 0 Å². The van der Waals surface area contributed by atoms with E-state index in [4.69, 9.17) is 0 Å². The van der Waals surface area contributed by atoms with Crippen LogP contribution in [0, 0.1) is 5.92 Å². The van der Waals surface area contributed by atoms with Gasteiger partial charge in [0.25, 0.3) is 0 Å². The summed E-state index contributed by atoms with van der Waals surface area (Å²) in [6.07, 6.45) is 1.59. The van der Waals surface area contributed by atoms with E-state index in [9.17, 15) is 9.90 Å². The molecule has 112 valence electrons. The Morgan fingerprint density at radius 1 is 1.45 bits per heavy atom. The third kappa shape index (κ3) is 4.70. The fourth-order valence-corrected chi connectivity index (χ4v) is 1.36. The lowest BCUT2D eigenvalue weighted by atomic mass is 9.93. The Morgan fingerprint density at radius 2 is 2.10 bits per heavy atom. The Balaban J connectivity index is 2.50. The largest absolute Gasteiger partial charge is 0.388 e. The van der Waals surface area contributed by atoms with Gasteiger partial charge in [-0.05, 0) is 25.0 Å². The Labute approximate surface area is 120 Å². The van der Waals surface area contributed by atoms with Crippen LogP contribution in [0.1, 0.15) is 20.8 Å². The van der Waals surface area contributed by atoms with E-state index in [1.165, 1.54) is 0 Å². The number of hydrogen-bond donors (Lipinski definition) is 3. The van der Waals surface area contributed by atoms with Gasteiger partial charge >= 0.3 is 6.03 Å². The zero-order valence-corrected chi connectivity index (χ0v) is 12.8. The van der Waals surface area contributed by atoms with Gasteiger partial charge in [0.05, 0.1) is 17.5 Å². The van der Waals surface area contributed by atoms with E-state index in [-0.39, 0.29) is 18.5 Å². The molecule has 2 amide bonds. The van der Waals surface area contributed by atoms with Gasteiger partial charge in [0, 0.05) is 20.6 Å². The highest BCUT2D eigenvalue weighted by Gasteiger charge is 2.25. The minimum atomic E-state index is -0.926. The minimum absolute atomic E-state index is 0.0591. The number of aliphatic hydroxyl groups is 1. The zero-order chi connectivity index (χ0) is 15.3. The lowest BCUT2D eigenvalue weighted by Crippen LogP contribution is -2.45. The molecule has 0 saturated carbocycles. The maximum absolute atomic E-state index is 11.7. The van der Waals surface area contributed by atoms with Crippen molar-refractivity contribution in [3.05, 3.63) is 18.3 Å². The number of rotatable bonds is 5. The molecule has 3 N–H and O–H groups in total. The van der Waals surface area contributed by atoms with Crippen molar-refractivity contribution >= 4 is 17.5 Å². The van der Waals surface area contributed by atoms with Gasteiger partial charge in [0.15, 0.2) is 0 Å². The molecule has 1 atom stereocenters. The molecule has 1 unspecified atom stereocenters. The molecule has 20 heavy (non-hydrogen) atoms. The highest BCUT2D eigenvalue weighted by atomic mass is 16.3. The smallest absolute Gasteiger partial charge is 0.319 e. The van der Waals surface area contributed by atoms with Gasteiger partial charge in [-0.3, -0.25) is 0 Å². The molecule has 1 rings (SSSR count). The second-order valence-electron chi connectivity index (χ2n) is 5.62. The number of aromatic nitrogens is 1. The molecule has 1 aromatic heterocycles. The van der Waals surface area contributed by atoms with Crippen LogP contribution in [0.4, 0.5) is 16.3 Å². The monoisotopic (exact) mass is 280 g/mol. The fraction of sp³-hybridized carbons (Fsp3) is 0.571. The van der Waals surface area contributed by atoms with Crippen LogP contribution in [-0.2, 0) is 0 Å². The fourth-order valence-electron chi connectivity index (χ4n) is 1.36. The Bertz CT molecular complexity index is 441. The SMILES string of the molecule is CC(C)C(C)(O)CNC(=O)Nc1ccc(N(C)C)nc1. The number of nitrogens with zero attached hydrogens (tertiary/aromatic N) is 2. The summed E-state index contributed by atoms with van der Waals surface area (Å²) in [5.41, 5.74) is -0.318. The number of hydrogen-bond acceptors (Lipinski definition) is 4. The van der Waals surface area contributed by atoms with E-state index in [1.807, 2.05) is 38.9 Å². The zero-order valence-electron chi connectivity index (χ0n) is 12.8. The van der Waals surface area contributed by atoms with Crippen molar-refractivity contribution in [2.24, 2.45) is 5.92 Å². The quantitative estimate of drug-likeness (QED) is 0.767. The number of urea groups is 1. The van der Waals surface area contributed by atoms with Gasteiger partial charge < -0.3 is 20.6 Å². The van der Waals surface area contributed by atoms with Crippen molar-refractivity contribution in [2.75, 3.05) is 30.9 Å². The number of amides is 2. The number of anilines is 2. The minimum Gasteiger partial charge on any atom is -0.388 e. The molecule has 0 aromatic carbocycles. The van der Waals surface area contributed by atoms with Crippen LogP contribution < -0.4 is 15.5 Å². The van der Waals surface area contributed by atoms with Gasteiger partial charge in [0.2, 0.25) is 0 Å². The van der Waals surface area contributed by atoms with Crippen LogP contribution in [0.3, 0.4) is 0 Å². The molecule has 0 aliphatic carbocycles. The average molecular weight is 280 g/mol. The highest BCUT2D eigenvalue weighted by molar-refractivity contribution is 5.89. The lowest BCUT2D eigenvalue weighted by molar-refractivity contribution is 0.0170. The first-order valence-corrected chi connectivity index (χ1v) is 6.63. The second-order valence-corrected chi connectivity index (χ2v) is 5.62. The molecule has 1 heterocycles. The molecule has 6 heteroatoms. The standard InChI is InChI=1S/C14H24N4O2/c1-10(2)14(3,20)9-16-13(19)17-11-6-7-12(15-8-11)18(4)5/h6-8,10,20H,9H2,1-5H3,(H2,16,17,19). The first-order chi connectivity index (χ1) is 9.22. The summed E-state index contributed by atoms with van der Waals surface area (Å²) in [5.74, 6) is 0.877. The normalized spacial score (nSPS) is 13.8. The Morgan fingerprint density at radius 3 is 2.55 bits per heavy atom. The molecular formula is C14H24N4O2. The van der Waals surface area contributed by atoms with E-state index in [2.05, 4.69) is 15.6 Å². The third-order valence-electron chi connectivity index (χ3n) is 3.31. The molecule has 6 nitrogen and oxygen atoms in total. The van der Waals surface area contributed by atoms with Gasteiger partial charge in [-0.25, -0.2) is 9.78 Å². The molecule has 1 aromatic rings. The van der Waals surface area contributed by atoms with Gasteiger partial charge in [-0.1, -0.05) is 13.8 Å². The number of carbonyl (C=O) groups is 1. The van der Waals surface area contributed by atoms with E-state index in [0.717, 1.165) is 5.82 Å². The van der Waals surface area contributed by atoms with E-state index in [1.54, 1.807) is 19.2 Å². The lowest BCUT2D eigenvalue weighted by Gasteiger charge is -2.27. The van der Waals surface area contributed by atoms with E-state index >= 15 is 0 Å². The molecule has 0 bridgehead atoms. The number of nitrogens with one attached hydrogen (secondary N) is 2. The first-order valence-electron chi connectivity index (χ1n) is 6.63. The van der Waals surface area contributed by atoms with Gasteiger partial charge in [-0.15, -0.1) is 0 Å². The Kier molecular flexibility index (Phi) is 5.33. The van der Waals surface area contributed by atoms with Crippen molar-refractivity contribution in [3.63, 3.8) is 0 Å². The van der Waals surface area contributed by atoms with Crippen LogP contribution in [0.25, 0.3) is 0 Å². The van der Waals surface area contributed by atoms with Crippen molar-refractivity contribution in [3.8, 4) is 0 Å². The molecule has 0 aliphatic heterocycles. The third-order valence-corrected chi connectivity index (χ3v) is 3.31. The molecule has 0 saturated heterocycles. The van der Waals surface area contributed by atoms with Gasteiger partial charge in [-0.2, -0.15) is 0 Å². The maximum Gasteiger partial charge on any atom is 0.319 e. The van der Waals surface area contributed by atoms with Crippen LogP contribution in [0.15, 0.2) is 18.3 Å². The van der Waals surface area contributed by atoms with E-state index < -0.39 is 5.60 Å². The average Bonchev–Trinajstić information content (AvgIpc) is 2.37. The summed E-state index contributed by atoms with van der Waals surface area (Å²) in [7, 11) is 3.80. The molecule has 0 radical (unpaired) electrons. The summed E-state index contributed by atoms with van der Waals surface area (Å²) in [4.78, 5) is 17.8. The summed E-state index contributed by atoms with van der Waals surface area (Å²) in [6.45, 7) is 5.71. The predicted molar refractivity (Wildman–Crippen MR) is 81.0 cm³/mol. The summed E-state index contributed by atoms with van der Waals surface area (Å²) in [5, 5.41) is 15.4. The Hall–Kier alpha value is -1.82. The van der Waals surface area contributed by atoms with Crippen LogP contribution in [0.2, 0.25) is 0 Å². The van der Waals surface area contributed by atoms with Gasteiger partial charge in [0.1, 0.15) is 5.82 Å². The van der Waals surface area contributed by atoms with Crippen molar-refractivity contribution in [1.29, 1.82) is 0 Å². The van der Waals surface area contributed by atoms with Crippen LogP contribution in [-0.4, -0.2) is 42.4 Å². The molecule has 0 aliphatic rings. The molecular weight excluding hydrogens is 256 g/mol. The van der Waals surface area contributed by atoms with E-state index in [0.29, 0.717) is 5.69 Å². The maximum atomic E-state index is 11.7. The first kappa shape index (κ1) is 16.2. The summed E-state index contributed by atoms with van der Waals surface area (Å²) < 4.78 is 0. The van der Waals surface area contributed by atoms with Crippen molar-refractivity contribution < 1.29 is 9.90 Å². The summed E-state index contributed by atoms with van der Waals surface area (Å²) in [6, 6.07) is 3.24. The van der Waals surface area contributed by atoms with Crippen molar-refractivity contribution in [1.82, 2.24) is 10.3 Å². The molecule has 0 spiro atoms. The van der Waals surface area contributed by atoms with Crippen molar-refractivity contribution in [2.45, 2.75) is 26.4 Å². The highest BCUT2D eigenvalue weighted by Crippen LogP contribution is 2.15. The summed E-state index contributed by atoms with van der Waals surface area (Å²) >= 11 is 0. The number of carbonyl (C=O) groups excluding carboxylic acids is 1. The molecule has 0 fully saturated rings. The van der Waals surface area contributed by atoms with Crippen LogP contribution in [0.5, 0.6) is 0 Å². The predicted octanol–water partition coefficient (Wildman–Crippen LogP) is 1.68. The second kappa shape index (κ2) is 6.56. The number of pyridine rings is 1. The topological polar surface area (TPSA) is 77.5 Å².